The summed E-state index contributed by atoms with van der Waals surface area (Å²) in [5.74, 6) is 1.73. The summed E-state index contributed by atoms with van der Waals surface area (Å²) in [5, 5.41) is 13.9. The third kappa shape index (κ3) is 3.45. The molecule has 3 rings (SSSR count). The van der Waals surface area contributed by atoms with Crippen molar-refractivity contribution in [2.75, 3.05) is 6.54 Å². The molecule has 3 aromatic heterocycles. The van der Waals surface area contributed by atoms with Crippen LogP contribution in [0.1, 0.15) is 28.9 Å². The van der Waals surface area contributed by atoms with Crippen molar-refractivity contribution < 1.29 is 4.42 Å². The van der Waals surface area contributed by atoms with Crippen LogP contribution in [0.15, 0.2) is 28.1 Å². The molecule has 22 heavy (non-hydrogen) atoms. The van der Waals surface area contributed by atoms with Crippen LogP contribution in [-0.2, 0) is 19.4 Å². The third-order valence-corrected chi connectivity index (χ3v) is 4.52. The zero-order valence-electron chi connectivity index (χ0n) is 12.8. The zero-order valence-corrected chi connectivity index (χ0v) is 13.7. The van der Waals surface area contributed by atoms with Gasteiger partial charge in [-0.05, 0) is 25.5 Å². The Labute approximate surface area is 133 Å². The quantitative estimate of drug-likeness (QED) is 0.656. The van der Waals surface area contributed by atoms with Gasteiger partial charge in [0.1, 0.15) is 11.5 Å². The monoisotopic (exact) mass is 316 g/mol. The molecule has 0 unspecified atom stereocenters. The second-order valence-electron chi connectivity index (χ2n) is 5.19. The van der Waals surface area contributed by atoms with Crippen molar-refractivity contribution in [2.24, 2.45) is 0 Å². The molecule has 116 valence electrons. The van der Waals surface area contributed by atoms with Crippen LogP contribution in [0.5, 0.6) is 0 Å². The number of aromatic amines is 1. The van der Waals surface area contributed by atoms with Crippen LogP contribution in [0.4, 0.5) is 0 Å². The molecule has 5 nitrogen and oxygen atoms in total. The Hall–Kier alpha value is -1.92. The smallest absolute Gasteiger partial charge is 0.152 e. The molecule has 0 bridgehead atoms. The van der Waals surface area contributed by atoms with Crippen molar-refractivity contribution in [2.45, 2.75) is 33.2 Å². The lowest BCUT2D eigenvalue weighted by Crippen LogP contribution is -2.17. The molecule has 0 saturated heterocycles. The van der Waals surface area contributed by atoms with Gasteiger partial charge in [-0.15, -0.1) is 11.3 Å². The first-order valence-corrected chi connectivity index (χ1v) is 8.37. The Morgan fingerprint density at radius 2 is 2.27 bits per heavy atom. The van der Waals surface area contributed by atoms with E-state index in [2.05, 4.69) is 32.8 Å². The molecule has 0 aromatic carbocycles. The number of thiazole rings is 1. The van der Waals surface area contributed by atoms with Gasteiger partial charge in [-0.3, -0.25) is 5.10 Å². The number of aromatic nitrogens is 3. The fourth-order valence-electron chi connectivity index (χ4n) is 2.29. The highest BCUT2D eigenvalue weighted by molar-refractivity contribution is 7.09. The zero-order chi connectivity index (χ0) is 15.4. The molecular weight excluding hydrogens is 296 g/mol. The van der Waals surface area contributed by atoms with Gasteiger partial charge in [0.15, 0.2) is 5.76 Å². The predicted octanol–water partition coefficient (Wildman–Crippen LogP) is 3.33. The van der Waals surface area contributed by atoms with Gasteiger partial charge in [-0.2, -0.15) is 5.10 Å². The Balaban J connectivity index is 1.53. The van der Waals surface area contributed by atoms with E-state index >= 15 is 0 Å². The summed E-state index contributed by atoms with van der Waals surface area (Å²) in [5.41, 5.74) is 3.23. The summed E-state index contributed by atoms with van der Waals surface area (Å²) in [6.45, 7) is 5.74. The SMILES string of the molecule is CCc1nc(CCNCc2cn[nH]c2-c2ccc(C)o2)cs1. The van der Waals surface area contributed by atoms with Crippen molar-refractivity contribution >= 4 is 11.3 Å². The molecule has 0 aliphatic carbocycles. The fourth-order valence-corrected chi connectivity index (χ4v) is 3.07. The number of nitrogens with one attached hydrogen (secondary N) is 2. The fraction of sp³-hybridized carbons (Fsp3) is 0.375. The van der Waals surface area contributed by atoms with Crippen LogP contribution < -0.4 is 5.32 Å². The lowest BCUT2D eigenvalue weighted by Gasteiger charge is -2.03. The number of furan rings is 1. The lowest BCUT2D eigenvalue weighted by atomic mass is 10.2. The highest BCUT2D eigenvalue weighted by atomic mass is 32.1. The van der Waals surface area contributed by atoms with E-state index in [1.807, 2.05) is 25.3 Å². The average Bonchev–Trinajstić information content (AvgIpc) is 3.23. The van der Waals surface area contributed by atoms with E-state index in [1.165, 1.54) is 10.7 Å². The Morgan fingerprint density at radius 3 is 3.00 bits per heavy atom. The first kappa shape index (κ1) is 15.0. The molecule has 0 fully saturated rings. The average molecular weight is 316 g/mol. The topological polar surface area (TPSA) is 66.7 Å². The summed E-state index contributed by atoms with van der Waals surface area (Å²) in [6, 6.07) is 3.93. The van der Waals surface area contributed by atoms with E-state index in [1.54, 1.807) is 11.3 Å². The minimum absolute atomic E-state index is 0.760. The second kappa shape index (κ2) is 6.89. The van der Waals surface area contributed by atoms with E-state index in [4.69, 9.17) is 4.42 Å². The second-order valence-corrected chi connectivity index (χ2v) is 6.14. The summed E-state index contributed by atoms with van der Waals surface area (Å²) in [6.07, 6.45) is 3.81. The number of aryl methyl sites for hydroxylation is 2. The summed E-state index contributed by atoms with van der Waals surface area (Å²) in [4.78, 5) is 4.58. The Bertz CT molecular complexity index is 728. The number of hydrogen-bond donors (Lipinski definition) is 2. The highest BCUT2D eigenvalue weighted by Crippen LogP contribution is 2.23. The normalized spacial score (nSPS) is 11.2. The minimum atomic E-state index is 0.760. The van der Waals surface area contributed by atoms with Crippen LogP contribution >= 0.6 is 11.3 Å². The molecule has 0 aliphatic rings. The maximum atomic E-state index is 5.65. The van der Waals surface area contributed by atoms with Gasteiger partial charge >= 0.3 is 0 Å². The summed E-state index contributed by atoms with van der Waals surface area (Å²) >= 11 is 1.74. The Morgan fingerprint density at radius 1 is 1.36 bits per heavy atom. The van der Waals surface area contributed by atoms with E-state index in [0.717, 1.165) is 48.7 Å². The van der Waals surface area contributed by atoms with Gasteiger partial charge in [-0.1, -0.05) is 6.92 Å². The minimum Gasteiger partial charge on any atom is -0.460 e. The van der Waals surface area contributed by atoms with Gasteiger partial charge in [0.2, 0.25) is 0 Å². The summed E-state index contributed by atoms with van der Waals surface area (Å²) in [7, 11) is 0. The molecular formula is C16H20N4OS. The first-order valence-electron chi connectivity index (χ1n) is 7.49. The van der Waals surface area contributed by atoms with E-state index in [9.17, 15) is 0 Å². The lowest BCUT2D eigenvalue weighted by molar-refractivity contribution is 0.545. The van der Waals surface area contributed by atoms with Crippen molar-refractivity contribution in [3.05, 3.63) is 45.7 Å². The number of rotatable bonds is 7. The van der Waals surface area contributed by atoms with E-state index in [-0.39, 0.29) is 0 Å². The standard InChI is InChI=1S/C16H20N4OS/c1-3-15-19-13(10-22-15)6-7-17-8-12-9-18-20-16(12)14-5-4-11(2)21-14/h4-5,9-10,17H,3,6-8H2,1-2H3,(H,18,20). The van der Waals surface area contributed by atoms with Crippen LogP contribution in [0.2, 0.25) is 0 Å². The van der Waals surface area contributed by atoms with E-state index in [0.29, 0.717) is 0 Å². The van der Waals surface area contributed by atoms with Crippen LogP contribution in [0, 0.1) is 6.92 Å². The van der Waals surface area contributed by atoms with Gasteiger partial charge in [0, 0.05) is 30.5 Å². The summed E-state index contributed by atoms with van der Waals surface area (Å²) < 4.78 is 5.65. The third-order valence-electron chi connectivity index (χ3n) is 3.48. The molecule has 2 N–H and O–H groups in total. The predicted molar refractivity (Wildman–Crippen MR) is 87.9 cm³/mol. The largest absolute Gasteiger partial charge is 0.460 e. The van der Waals surface area contributed by atoms with Crippen molar-refractivity contribution in [1.29, 1.82) is 0 Å². The van der Waals surface area contributed by atoms with E-state index < -0.39 is 0 Å². The maximum absolute atomic E-state index is 5.65. The number of nitrogens with zero attached hydrogens (tertiary/aromatic N) is 2. The molecule has 0 saturated carbocycles. The Kier molecular flexibility index (Phi) is 4.70. The molecule has 0 radical (unpaired) electrons. The van der Waals surface area contributed by atoms with Gasteiger partial charge in [-0.25, -0.2) is 4.98 Å². The van der Waals surface area contributed by atoms with Crippen molar-refractivity contribution in [1.82, 2.24) is 20.5 Å². The first-order chi connectivity index (χ1) is 10.8. The van der Waals surface area contributed by atoms with Crippen LogP contribution in [0.25, 0.3) is 11.5 Å². The molecule has 0 spiro atoms. The molecule has 0 amide bonds. The molecule has 6 heteroatoms. The molecule has 3 aromatic rings. The van der Waals surface area contributed by atoms with Crippen molar-refractivity contribution in [3.63, 3.8) is 0 Å². The van der Waals surface area contributed by atoms with Crippen LogP contribution in [-0.4, -0.2) is 21.7 Å². The molecule has 3 heterocycles. The molecule has 0 atom stereocenters. The van der Waals surface area contributed by atoms with Crippen molar-refractivity contribution in [3.8, 4) is 11.5 Å². The highest BCUT2D eigenvalue weighted by Gasteiger charge is 2.10. The number of hydrogen-bond acceptors (Lipinski definition) is 5. The molecule has 0 aliphatic heterocycles. The van der Waals surface area contributed by atoms with Crippen LogP contribution in [0.3, 0.4) is 0 Å². The van der Waals surface area contributed by atoms with Gasteiger partial charge in [0.05, 0.1) is 16.9 Å². The maximum Gasteiger partial charge on any atom is 0.152 e. The van der Waals surface area contributed by atoms with Gasteiger partial charge < -0.3 is 9.73 Å². The number of H-pyrrole nitrogens is 1. The van der Waals surface area contributed by atoms with Gasteiger partial charge in [0.25, 0.3) is 0 Å².